The molecule has 2 aromatic rings. The van der Waals surface area contributed by atoms with Gasteiger partial charge in [-0.2, -0.15) is 4.31 Å². The normalized spacial score (nSPS) is 18.9. The lowest BCUT2D eigenvalue weighted by atomic mass is 10.3. The Bertz CT molecular complexity index is 892. The molecule has 144 valence electrons. The van der Waals surface area contributed by atoms with Crippen molar-refractivity contribution in [3.63, 3.8) is 0 Å². The van der Waals surface area contributed by atoms with Gasteiger partial charge in [0.2, 0.25) is 10.0 Å². The molecule has 9 heteroatoms. The third kappa shape index (κ3) is 3.61. The van der Waals surface area contributed by atoms with Gasteiger partial charge in [0.15, 0.2) is 11.6 Å². The van der Waals surface area contributed by atoms with Gasteiger partial charge in [-0.1, -0.05) is 12.1 Å². The second-order valence-electron chi connectivity index (χ2n) is 6.77. The summed E-state index contributed by atoms with van der Waals surface area (Å²) in [6.45, 7) is 3.58. The largest absolute Gasteiger partial charge is 0.355 e. The first-order valence-electron chi connectivity index (χ1n) is 9.14. The maximum Gasteiger partial charge on any atom is 0.246 e. The Balaban J connectivity index is 1.42. The molecular formula is C18H22FN5O2S. The fourth-order valence-corrected chi connectivity index (χ4v) is 5.04. The summed E-state index contributed by atoms with van der Waals surface area (Å²) >= 11 is 0. The molecule has 1 aromatic heterocycles. The second kappa shape index (κ2) is 7.40. The van der Waals surface area contributed by atoms with Crippen molar-refractivity contribution in [1.29, 1.82) is 0 Å². The van der Waals surface area contributed by atoms with Crippen LogP contribution in [0.1, 0.15) is 12.8 Å². The lowest BCUT2D eigenvalue weighted by Gasteiger charge is -2.34. The average Bonchev–Trinajstić information content (AvgIpc) is 3.23. The fourth-order valence-electron chi connectivity index (χ4n) is 3.55. The lowest BCUT2D eigenvalue weighted by Crippen LogP contribution is -2.49. The van der Waals surface area contributed by atoms with Crippen LogP contribution < -0.4 is 9.80 Å². The number of benzene rings is 1. The van der Waals surface area contributed by atoms with Gasteiger partial charge in [-0.3, -0.25) is 0 Å². The summed E-state index contributed by atoms with van der Waals surface area (Å²) in [5.41, 5.74) is 0. The molecule has 0 aliphatic carbocycles. The van der Waals surface area contributed by atoms with Crippen LogP contribution >= 0.6 is 0 Å². The minimum Gasteiger partial charge on any atom is -0.355 e. The van der Waals surface area contributed by atoms with E-state index >= 15 is 0 Å². The fraction of sp³-hybridized carbons (Fsp3) is 0.444. The van der Waals surface area contributed by atoms with E-state index in [0.29, 0.717) is 13.1 Å². The zero-order valence-corrected chi connectivity index (χ0v) is 15.8. The van der Waals surface area contributed by atoms with Crippen molar-refractivity contribution in [3.05, 3.63) is 42.2 Å². The molecule has 7 nitrogen and oxygen atoms in total. The molecule has 2 saturated heterocycles. The molecule has 0 unspecified atom stereocenters. The Labute approximate surface area is 158 Å². The number of aromatic nitrogens is 2. The van der Waals surface area contributed by atoms with Crippen LogP contribution in [0.2, 0.25) is 0 Å². The van der Waals surface area contributed by atoms with Crippen LogP contribution in [0, 0.1) is 5.82 Å². The molecule has 27 heavy (non-hydrogen) atoms. The molecule has 0 saturated carbocycles. The van der Waals surface area contributed by atoms with Gasteiger partial charge in [0.1, 0.15) is 10.7 Å². The number of anilines is 2. The second-order valence-corrected chi connectivity index (χ2v) is 8.67. The van der Waals surface area contributed by atoms with Crippen molar-refractivity contribution < 1.29 is 12.8 Å². The first-order chi connectivity index (χ1) is 13.1. The predicted molar refractivity (Wildman–Crippen MR) is 101 cm³/mol. The van der Waals surface area contributed by atoms with Crippen LogP contribution in [0.15, 0.2) is 41.3 Å². The highest BCUT2D eigenvalue weighted by atomic mass is 32.2. The van der Waals surface area contributed by atoms with Crippen LogP contribution in [0.3, 0.4) is 0 Å². The predicted octanol–water partition coefficient (Wildman–Crippen LogP) is 1.73. The summed E-state index contributed by atoms with van der Waals surface area (Å²) in [7, 11) is -3.83. The number of hydrogen-bond donors (Lipinski definition) is 0. The molecule has 0 radical (unpaired) electrons. The molecule has 4 rings (SSSR count). The minimum absolute atomic E-state index is 0.270. The van der Waals surface area contributed by atoms with Gasteiger partial charge < -0.3 is 9.80 Å². The molecule has 2 aliphatic heterocycles. The number of piperazine rings is 1. The summed E-state index contributed by atoms with van der Waals surface area (Å²) in [4.78, 5) is 3.96. The zero-order chi connectivity index (χ0) is 18.9. The minimum atomic E-state index is -3.83. The highest BCUT2D eigenvalue weighted by molar-refractivity contribution is 7.89. The Morgan fingerprint density at radius 2 is 1.33 bits per heavy atom. The molecule has 0 atom stereocenters. The summed E-state index contributed by atoms with van der Waals surface area (Å²) in [6, 6.07) is 9.39. The van der Waals surface area contributed by atoms with Gasteiger partial charge in [-0.25, -0.2) is 12.8 Å². The third-order valence-corrected chi connectivity index (χ3v) is 7.02. The highest BCUT2D eigenvalue weighted by Gasteiger charge is 2.31. The van der Waals surface area contributed by atoms with Gasteiger partial charge in [-0.15, -0.1) is 10.2 Å². The monoisotopic (exact) mass is 391 g/mol. The van der Waals surface area contributed by atoms with E-state index in [0.717, 1.165) is 24.7 Å². The Kier molecular flexibility index (Phi) is 4.96. The van der Waals surface area contributed by atoms with Gasteiger partial charge in [0.25, 0.3) is 0 Å². The summed E-state index contributed by atoms with van der Waals surface area (Å²) in [5, 5.41) is 8.63. The maximum atomic E-state index is 13.9. The number of halogens is 1. The molecule has 0 N–H and O–H groups in total. The molecule has 0 bridgehead atoms. The van der Waals surface area contributed by atoms with E-state index in [4.69, 9.17) is 0 Å². The molecular weight excluding hydrogens is 369 g/mol. The molecule has 0 amide bonds. The van der Waals surface area contributed by atoms with Crippen molar-refractivity contribution in [2.45, 2.75) is 17.7 Å². The highest BCUT2D eigenvalue weighted by Crippen LogP contribution is 2.23. The van der Waals surface area contributed by atoms with Crippen molar-refractivity contribution in [2.75, 3.05) is 49.1 Å². The topological polar surface area (TPSA) is 69.6 Å². The van der Waals surface area contributed by atoms with Crippen molar-refractivity contribution in [3.8, 4) is 0 Å². The van der Waals surface area contributed by atoms with Gasteiger partial charge in [0.05, 0.1) is 0 Å². The van der Waals surface area contributed by atoms with Crippen LogP contribution in [-0.2, 0) is 10.0 Å². The molecule has 3 heterocycles. The van der Waals surface area contributed by atoms with E-state index in [-0.39, 0.29) is 18.0 Å². The average molecular weight is 391 g/mol. The third-order valence-electron chi connectivity index (χ3n) is 5.08. The summed E-state index contributed by atoms with van der Waals surface area (Å²) in [5.74, 6) is 0.904. The van der Waals surface area contributed by atoms with Crippen LogP contribution in [0.4, 0.5) is 16.0 Å². The Morgan fingerprint density at radius 1 is 0.778 bits per heavy atom. The van der Waals surface area contributed by atoms with E-state index in [1.165, 1.54) is 41.4 Å². The molecule has 2 fully saturated rings. The zero-order valence-electron chi connectivity index (χ0n) is 15.0. The molecule has 0 spiro atoms. The quantitative estimate of drug-likeness (QED) is 0.791. The lowest BCUT2D eigenvalue weighted by molar-refractivity contribution is 0.381. The number of sulfonamides is 1. The van der Waals surface area contributed by atoms with E-state index in [2.05, 4.69) is 15.1 Å². The first-order valence-corrected chi connectivity index (χ1v) is 10.6. The summed E-state index contributed by atoms with van der Waals surface area (Å²) < 4.78 is 40.6. The Hall–Kier alpha value is -2.26. The number of hydrogen-bond acceptors (Lipinski definition) is 6. The van der Waals surface area contributed by atoms with Gasteiger partial charge in [-0.05, 0) is 37.1 Å². The van der Waals surface area contributed by atoms with Crippen molar-refractivity contribution in [1.82, 2.24) is 14.5 Å². The van der Waals surface area contributed by atoms with Crippen LogP contribution in [0.5, 0.6) is 0 Å². The van der Waals surface area contributed by atoms with Gasteiger partial charge >= 0.3 is 0 Å². The SMILES string of the molecule is O=S(=O)(c1ccccc1F)N1CCN(c2ccc(N3CCCC3)nn2)CC1. The van der Waals surface area contributed by atoms with Crippen molar-refractivity contribution in [2.24, 2.45) is 0 Å². The van der Waals surface area contributed by atoms with E-state index < -0.39 is 15.8 Å². The first kappa shape index (κ1) is 18.1. The van der Waals surface area contributed by atoms with E-state index in [9.17, 15) is 12.8 Å². The van der Waals surface area contributed by atoms with Gasteiger partial charge in [0, 0.05) is 39.3 Å². The Morgan fingerprint density at radius 3 is 1.89 bits per heavy atom. The van der Waals surface area contributed by atoms with Crippen LogP contribution in [0.25, 0.3) is 0 Å². The molecule has 2 aliphatic rings. The smallest absolute Gasteiger partial charge is 0.246 e. The summed E-state index contributed by atoms with van der Waals surface area (Å²) in [6.07, 6.45) is 2.36. The van der Waals surface area contributed by atoms with E-state index in [1.54, 1.807) is 0 Å². The number of rotatable bonds is 4. The standard InChI is InChI=1S/C18H22FN5O2S/c19-15-5-1-2-6-16(15)27(25,26)24-13-11-23(12-14-24)18-8-7-17(20-21-18)22-9-3-4-10-22/h1-2,5-8H,3-4,9-14H2. The van der Waals surface area contributed by atoms with Crippen molar-refractivity contribution >= 4 is 21.7 Å². The number of nitrogens with zero attached hydrogens (tertiary/aromatic N) is 5. The maximum absolute atomic E-state index is 13.9. The van der Waals surface area contributed by atoms with E-state index in [1.807, 2.05) is 17.0 Å². The van der Waals surface area contributed by atoms with Crippen LogP contribution in [-0.4, -0.2) is 62.2 Å². The molecule has 1 aromatic carbocycles.